The zero-order chi connectivity index (χ0) is 32.2. The lowest BCUT2D eigenvalue weighted by atomic mass is 10.0. The van der Waals surface area contributed by atoms with Crippen LogP contribution < -0.4 is 14.4 Å². The van der Waals surface area contributed by atoms with Gasteiger partial charge in [-0.25, -0.2) is 12.8 Å². The minimum Gasteiger partial charge on any atom is -0.494 e. The van der Waals surface area contributed by atoms with Crippen LogP contribution in [0.5, 0.6) is 5.75 Å². The maximum Gasteiger partial charge on any atom is 0.264 e. The first kappa shape index (κ1) is 33.2. The molecule has 1 unspecified atom stereocenters. The SMILES string of the molecule is CCCNC(=O)C(Cc1ccccc1)N(Cc1ccc(F)cc1)C(=O)CN(c1ccc(OCC)cc1)S(=O)(=O)c1ccccc1. The second-order valence-electron chi connectivity index (χ2n) is 10.4. The topological polar surface area (TPSA) is 96.0 Å². The largest absolute Gasteiger partial charge is 0.494 e. The average Bonchev–Trinajstić information content (AvgIpc) is 3.06. The molecule has 0 radical (unpaired) electrons. The summed E-state index contributed by atoms with van der Waals surface area (Å²) in [5.74, 6) is -0.845. The highest BCUT2D eigenvalue weighted by molar-refractivity contribution is 7.92. The number of benzene rings is 4. The van der Waals surface area contributed by atoms with Gasteiger partial charge >= 0.3 is 0 Å². The Morgan fingerprint density at radius 2 is 1.44 bits per heavy atom. The summed E-state index contributed by atoms with van der Waals surface area (Å²) in [6, 6.07) is 28.3. The number of nitrogens with zero attached hydrogens (tertiary/aromatic N) is 2. The molecule has 0 bridgehead atoms. The Balaban J connectivity index is 1.78. The number of anilines is 1. The van der Waals surface area contributed by atoms with Gasteiger partial charge in [0.25, 0.3) is 10.0 Å². The number of amides is 2. The molecule has 0 aliphatic heterocycles. The summed E-state index contributed by atoms with van der Waals surface area (Å²) in [7, 11) is -4.21. The van der Waals surface area contributed by atoms with Crippen LogP contribution in [0.25, 0.3) is 0 Å². The average molecular weight is 632 g/mol. The quantitative estimate of drug-likeness (QED) is 0.185. The number of ether oxygens (including phenoxy) is 1. The molecular weight excluding hydrogens is 593 g/mol. The molecule has 0 aromatic heterocycles. The lowest BCUT2D eigenvalue weighted by Crippen LogP contribution is -2.53. The first-order valence-corrected chi connectivity index (χ1v) is 16.3. The van der Waals surface area contributed by atoms with E-state index in [1.807, 2.05) is 44.2 Å². The van der Waals surface area contributed by atoms with Gasteiger partial charge < -0.3 is 15.0 Å². The number of hydrogen-bond donors (Lipinski definition) is 1. The zero-order valence-corrected chi connectivity index (χ0v) is 26.3. The number of halogens is 1. The molecule has 1 atom stereocenters. The third-order valence-electron chi connectivity index (χ3n) is 7.13. The van der Waals surface area contributed by atoms with Crippen LogP contribution in [-0.4, -0.2) is 50.9 Å². The van der Waals surface area contributed by atoms with Crippen molar-refractivity contribution in [1.29, 1.82) is 0 Å². The smallest absolute Gasteiger partial charge is 0.264 e. The van der Waals surface area contributed by atoms with E-state index < -0.39 is 34.3 Å². The maximum atomic E-state index is 14.4. The van der Waals surface area contributed by atoms with E-state index in [0.29, 0.717) is 30.9 Å². The maximum absolute atomic E-state index is 14.4. The molecule has 4 rings (SSSR count). The molecule has 4 aromatic rings. The van der Waals surface area contributed by atoms with Crippen molar-refractivity contribution in [3.63, 3.8) is 0 Å². The van der Waals surface area contributed by atoms with Crippen molar-refractivity contribution in [3.8, 4) is 5.75 Å². The van der Waals surface area contributed by atoms with Crippen LogP contribution in [0.15, 0.2) is 114 Å². The molecule has 236 valence electrons. The minimum atomic E-state index is -4.21. The van der Waals surface area contributed by atoms with Gasteiger partial charge in [0.1, 0.15) is 24.2 Å². The Labute approximate surface area is 264 Å². The molecule has 0 aliphatic carbocycles. The van der Waals surface area contributed by atoms with E-state index in [1.54, 1.807) is 54.6 Å². The van der Waals surface area contributed by atoms with Gasteiger partial charge in [-0.1, -0.05) is 67.6 Å². The van der Waals surface area contributed by atoms with Crippen LogP contribution in [0.4, 0.5) is 10.1 Å². The Morgan fingerprint density at radius 3 is 2.04 bits per heavy atom. The normalized spacial score (nSPS) is 11.8. The van der Waals surface area contributed by atoms with Crippen LogP contribution in [-0.2, 0) is 32.6 Å². The van der Waals surface area contributed by atoms with Crippen molar-refractivity contribution in [2.24, 2.45) is 0 Å². The van der Waals surface area contributed by atoms with E-state index in [9.17, 15) is 22.4 Å². The molecule has 45 heavy (non-hydrogen) atoms. The highest BCUT2D eigenvalue weighted by Gasteiger charge is 2.34. The molecule has 0 heterocycles. The molecule has 0 saturated heterocycles. The van der Waals surface area contributed by atoms with Crippen molar-refractivity contribution < 1.29 is 27.1 Å². The Hall–Kier alpha value is -4.70. The summed E-state index contributed by atoms with van der Waals surface area (Å²) in [5, 5.41) is 2.90. The van der Waals surface area contributed by atoms with Crippen LogP contribution in [0.2, 0.25) is 0 Å². The summed E-state index contributed by atoms with van der Waals surface area (Å²) in [6.07, 6.45) is 0.883. The van der Waals surface area contributed by atoms with Crippen molar-refractivity contribution in [1.82, 2.24) is 10.2 Å². The van der Waals surface area contributed by atoms with Crippen molar-refractivity contribution in [3.05, 3.63) is 126 Å². The molecular formula is C35H38FN3O5S. The molecule has 1 N–H and O–H groups in total. The molecule has 4 aromatic carbocycles. The van der Waals surface area contributed by atoms with Crippen LogP contribution in [0.1, 0.15) is 31.4 Å². The number of rotatable bonds is 15. The first-order chi connectivity index (χ1) is 21.7. The second-order valence-corrected chi connectivity index (χ2v) is 12.3. The zero-order valence-electron chi connectivity index (χ0n) is 25.4. The van der Waals surface area contributed by atoms with Gasteiger partial charge in [0, 0.05) is 19.5 Å². The number of carbonyl (C=O) groups is 2. The van der Waals surface area contributed by atoms with Gasteiger partial charge in [-0.05, 0) is 73.0 Å². The Kier molecular flexibility index (Phi) is 11.7. The van der Waals surface area contributed by atoms with E-state index in [-0.39, 0.29) is 29.5 Å². The third kappa shape index (κ3) is 8.92. The summed E-state index contributed by atoms with van der Waals surface area (Å²) >= 11 is 0. The molecule has 0 spiro atoms. The fourth-order valence-electron chi connectivity index (χ4n) is 4.83. The van der Waals surface area contributed by atoms with Gasteiger partial charge in [0.05, 0.1) is 17.2 Å². The fraction of sp³-hybridized carbons (Fsp3) is 0.257. The van der Waals surface area contributed by atoms with E-state index in [1.165, 1.54) is 29.2 Å². The predicted molar refractivity (Wildman–Crippen MR) is 173 cm³/mol. The summed E-state index contributed by atoms with van der Waals surface area (Å²) in [6.45, 7) is 3.99. The van der Waals surface area contributed by atoms with Crippen LogP contribution >= 0.6 is 0 Å². The Bertz CT molecular complexity index is 1630. The number of sulfonamides is 1. The lowest BCUT2D eigenvalue weighted by molar-refractivity contribution is -0.140. The van der Waals surface area contributed by atoms with E-state index in [0.717, 1.165) is 9.87 Å². The summed E-state index contributed by atoms with van der Waals surface area (Å²) < 4.78 is 48.5. The van der Waals surface area contributed by atoms with E-state index in [4.69, 9.17) is 4.74 Å². The molecule has 0 aliphatic rings. The van der Waals surface area contributed by atoms with Crippen molar-refractivity contribution >= 4 is 27.5 Å². The van der Waals surface area contributed by atoms with E-state index in [2.05, 4.69) is 5.32 Å². The van der Waals surface area contributed by atoms with E-state index >= 15 is 0 Å². The lowest BCUT2D eigenvalue weighted by Gasteiger charge is -2.34. The minimum absolute atomic E-state index is 0.0123. The van der Waals surface area contributed by atoms with Gasteiger partial charge in [-0.3, -0.25) is 13.9 Å². The standard InChI is InChI=1S/C35H38FN3O5S/c1-3-23-37-35(41)33(24-27-11-7-5-8-12-27)38(25-28-15-17-29(36)18-16-28)34(40)26-39(30-19-21-31(22-20-30)44-4-2)45(42,43)32-13-9-6-10-14-32/h5-22,33H,3-4,23-26H2,1-2H3,(H,37,41). The first-order valence-electron chi connectivity index (χ1n) is 14.9. The monoisotopic (exact) mass is 631 g/mol. The molecule has 0 saturated carbocycles. The fourth-order valence-corrected chi connectivity index (χ4v) is 6.27. The Morgan fingerprint density at radius 1 is 0.822 bits per heavy atom. The van der Waals surface area contributed by atoms with Crippen LogP contribution in [0, 0.1) is 5.82 Å². The van der Waals surface area contributed by atoms with Gasteiger partial charge in [0.15, 0.2) is 0 Å². The summed E-state index contributed by atoms with van der Waals surface area (Å²) in [4.78, 5) is 29.5. The van der Waals surface area contributed by atoms with Crippen LogP contribution in [0.3, 0.4) is 0 Å². The third-order valence-corrected chi connectivity index (χ3v) is 8.92. The second kappa shape index (κ2) is 15.9. The molecule has 8 nitrogen and oxygen atoms in total. The molecule has 10 heteroatoms. The van der Waals surface area contributed by atoms with Gasteiger partial charge in [-0.15, -0.1) is 0 Å². The van der Waals surface area contributed by atoms with Crippen molar-refractivity contribution in [2.45, 2.75) is 44.2 Å². The summed E-state index contributed by atoms with van der Waals surface area (Å²) in [5.41, 5.74) is 1.67. The number of nitrogens with one attached hydrogen (secondary N) is 1. The van der Waals surface area contributed by atoms with Gasteiger partial charge in [-0.2, -0.15) is 0 Å². The van der Waals surface area contributed by atoms with Gasteiger partial charge in [0.2, 0.25) is 11.8 Å². The number of hydrogen-bond acceptors (Lipinski definition) is 5. The van der Waals surface area contributed by atoms with Crippen molar-refractivity contribution in [2.75, 3.05) is 24.0 Å². The molecule has 2 amide bonds. The number of carbonyl (C=O) groups excluding carboxylic acids is 2. The predicted octanol–water partition coefficient (Wildman–Crippen LogP) is 5.59. The highest BCUT2D eigenvalue weighted by Crippen LogP contribution is 2.27. The molecule has 0 fully saturated rings. The highest BCUT2D eigenvalue weighted by atomic mass is 32.2.